The van der Waals surface area contributed by atoms with Crippen LogP contribution in [0.1, 0.15) is 28.8 Å². The van der Waals surface area contributed by atoms with Crippen molar-refractivity contribution in [3.63, 3.8) is 0 Å². The van der Waals surface area contributed by atoms with Gasteiger partial charge in [-0.05, 0) is 74.6 Å². The third kappa shape index (κ3) is 4.48. The SMILES string of the molecule is COc1ccc(-n2c(SCC(=O)Nc3ccc(C)cc3)nc3sc4c(c3c2=O)CCCC4)cc1. The van der Waals surface area contributed by atoms with Crippen molar-refractivity contribution in [1.82, 2.24) is 9.55 Å². The maximum Gasteiger partial charge on any atom is 0.267 e. The first-order valence-corrected chi connectivity index (χ1v) is 13.0. The topological polar surface area (TPSA) is 73.2 Å². The molecule has 8 heteroatoms. The van der Waals surface area contributed by atoms with Gasteiger partial charge in [-0.15, -0.1) is 11.3 Å². The Balaban J connectivity index is 1.51. The third-order valence-electron chi connectivity index (χ3n) is 5.96. The number of benzene rings is 2. The maximum absolute atomic E-state index is 13.8. The summed E-state index contributed by atoms with van der Waals surface area (Å²) in [6.45, 7) is 2.00. The Bertz CT molecular complexity index is 1410. The molecule has 1 N–H and O–H groups in total. The lowest BCUT2D eigenvalue weighted by Gasteiger charge is -2.14. The average Bonchev–Trinajstić information content (AvgIpc) is 3.23. The van der Waals surface area contributed by atoms with Gasteiger partial charge < -0.3 is 10.1 Å². The second-order valence-corrected chi connectivity index (χ2v) is 10.4. The molecule has 4 aromatic rings. The normalized spacial score (nSPS) is 13.0. The molecule has 0 aliphatic heterocycles. The van der Waals surface area contributed by atoms with E-state index in [1.54, 1.807) is 23.0 Å². The molecule has 1 aliphatic carbocycles. The lowest BCUT2D eigenvalue weighted by molar-refractivity contribution is -0.113. The van der Waals surface area contributed by atoms with Crippen molar-refractivity contribution in [2.45, 2.75) is 37.8 Å². The molecule has 174 valence electrons. The van der Waals surface area contributed by atoms with Gasteiger partial charge in [-0.25, -0.2) is 4.98 Å². The molecule has 0 unspecified atom stereocenters. The molecule has 2 aromatic carbocycles. The molecule has 0 atom stereocenters. The molecule has 0 saturated heterocycles. The van der Waals surface area contributed by atoms with Crippen LogP contribution in [0.4, 0.5) is 5.69 Å². The summed E-state index contributed by atoms with van der Waals surface area (Å²) in [5.74, 6) is 0.716. The Labute approximate surface area is 206 Å². The zero-order chi connectivity index (χ0) is 23.7. The van der Waals surface area contributed by atoms with Gasteiger partial charge in [-0.1, -0.05) is 29.5 Å². The number of thioether (sulfide) groups is 1. The fraction of sp³-hybridized carbons (Fsp3) is 0.269. The highest BCUT2D eigenvalue weighted by molar-refractivity contribution is 7.99. The minimum atomic E-state index is -0.144. The van der Waals surface area contributed by atoms with Crippen LogP contribution in [0.25, 0.3) is 15.9 Å². The van der Waals surface area contributed by atoms with Gasteiger partial charge in [0.2, 0.25) is 5.91 Å². The number of thiophene rings is 1. The van der Waals surface area contributed by atoms with Crippen molar-refractivity contribution in [3.8, 4) is 11.4 Å². The summed E-state index contributed by atoms with van der Waals surface area (Å²) in [5, 5.41) is 4.16. The van der Waals surface area contributed by atoms with Crippen LogP contribution in [0.3, 0.4) is 0 Å². The van der Waals surface area contributed by atoms with Gasteiger partial charge in [0.05, 0.1) is 23.9 Å². The molecule has 2 aromatic heterocycles. The van der Waals surface area contributed by atoms with Gasteiger partial charge in [0.25, 0.3) is 5.56 Å². The summed E-state index contributed by atoms with van der Waals surface area (Å²) < 4.78 is 6.91. The fourth-order valence-electron chi connectivity index (χ4n) is 4.21. The largest absolute Gasteiger partial charge is 0.497 e. The van der Waals surface area contributed by atoms with E-state index in [9.17, 15) is 9.59 Å². The van der Waals surface area contributed by atoms with Crippen LogP contribution < -0.4 is 15.6 Å². The number of rotatable bonds is 6. The van der Waals surface area contributed by atoms with Crippen molar-refractivity contribution >= 4 is 44.9 Å². The summed E-state index contributed by atoms with van der Waals surface area (Å²) in [6, 6.07) is 15.0. The number of hydrogen-bond acceptors (Lipinski definition) is 6. The molecule has 0 spiro atoms. The van der Waals surface area contributed by atoms with Gasteiger partial charge in [-0.3, -0.25) is 14.2 Å². The summed E-state index contributed by atoms with van der Waals surface area (Å²) in [6.07, 6.45) is 4.16. The van der Waals surface area contributed by atoms with E-state index < -0.39 is 0 Å². The Morgan fingerprint density at radius 3 is 2.59 bits per heavy atom. The monoisotopic (exact) mass is 491 g/mol. The second kappa shape index (κ2) is 9.64. The van der Waals surface area contributed by atoms with Crippen LogP contribution >= 0.6 is 23.1 Å². The number of aromatic nitrogens is 2. The number of carbonyl (C=O) groups is 1. The molecule has 0 saturated carbocycles. The number of nitrogens with zero attached hydrogens (tertiary/aromatic N) is 2. The lowest BCUT2D eigenvalue weighted by Crippen LogP contribution is -2.23. The van der Waals surface area contributed by atoms with E-state index in [-0.39, 0.29) is 17.2 Å². The zero-order valence-corrected chi connectivity index (χ0v) is 20.7. The average molecular weight is 492 g/mol. The van der Waals surface area contributed by atoms with Crippen molar-refractivity contribution < 1.29 is 9.53 Å². The van der Waals surface area contributed by atoms with Crippen molar-refractivity contribution in [2.24, 2.45) is 0 Å². The predicted molar refractivity (Wildman–Crippen MR) is 139 cm³/mol. The van der Waals surface area contributed by atoms with E-state index in [0.717, 1.165) is 52.7 Å². The van der Waals surface area contributed by atoms with Crippen LogP contribution in [0.2, 0.25) is 0 Å². The quantitative estimate of drug-likeness (QED) is 0.290. The molecule has 0 radical (unpaired) electrons. The van der Waals surface area contributed by atoms with Crippen molar-refractivity contribution in [2.75, 3.05) is 18.2 Å². The zero-order valence-electron chi connectivity index (χ0n) is 19.1. The molecule has 6 nitrogen and oxygen atoms in total. The van der Waals surface area contributed by atoms with E-state index >= 15 is 0 Å². The van der Waals surface area contributed by atoms with Crippen molar-refractivity contribution in [3.05, 3.63) is 74.9 Å². The maximum atomic E-state index is 13.8. The van der Waals surface area contributed by atoms with Crippen LogP contribution in [-0.4, -0.2) is 28.3 Å². The van der Waals surface area contributed by atoms with Gasteiger partial charge in [0.15, 0.2) is 5.16 Å². The Hall–Kier alpha value is -3.10. The first kappa shape index (κ1) is 22.7. The lowest BCUT2D eigenvalue weighted by atomic mass is 9.97. The van der Waals surface area contributed by atoms with Gasteiger partial charge >= 0.3 is 0 Å². The molecule has 1 amide bonds. The fourth-order valence-corrected chi connectivity index (χ4v) is 6.32. The summed E-state index contributed by atoms with van der Waals surface area (Å²) in [7, 11) is 1.61. The smallest absolute Gasteiger partial charge is 0.267 e. The van der Waals surface area contributed by atoms with E-state index in [4.69, 9.17) is 9.72 Å². The molecule has 34 heavy (non-hydrogen) atoms. The Morgan fingerprint density at radius 2 is 1.85 bits per heavy atom. The number of ether oxygens (including phenoxy) is 1. The molecular formula is C26H25N3O3S2. The molecule has 2 heterocycles. The highest BCUT2D eigenvalue weighted by Crippen LogP contribution is 2.35. The molecule has 5 rings (SSSR count). The van der Waals surface area contributed by atoms with Crippen LogP contribution in [0.15, 0.2) is 58.5 Å². The van der Waals surface area contributed by atoms with Gasteiger partial charge in [0.1, 0.15) is 10.6 Å². The number of anilines is 1. The van der Waals surface area contributed by atoms with E-state index in [2.05, 4.69) is 5.32 Å². The number of carbonyl (C=O) groups excluding carboxylic acids is 1. The predicted octanol–water partition coefficient (Wildman–Crippen LogP) is 5.37. The Morgan fingerprint density at radius 1 is 1.12 bits per heavy atom. The number of aryl methyl sites for hydroxylation is 3. The molecule has 0 fully saturated rings. The molecule has 0 bridgehead atoms. The third-order valence-corrected chi connectivity index (χ3v) is 8.08. The number of amides is 1. The minimum Gasteiger partial charge on any atom is -0.497 e. The van der Waals surface area contributed by atoms with E-state index in [1.165, 1.54) is 16.6 Å². The number of methoxy groups -OCH3 is 1. The highest BCUT2D eigenvalue weighted by atomic mass is 32.2. The summed E-state index contributed by atoms with van der Waals surface area (Å²) in [4.78, 5) is 33.4. The summed E-state index contributed by atoms with van der Waals surface area (Å²) in [5.41, 5.74) is 3.67. The number of nitrogens with one attached hydrogen (secondary N) is 1. The number of fused-ring (bicyclic) bond motifs is 3. The van der Waals surface area contributed by atoms with Crippen LogP contribution in [0.5, 0.6) is 5.75 Å². The Kier molecular flexibility index (Phi) is 6.43. The van der Waals surface area contributed by atoms with Gasteiger partial charge in [-0.2, -0.15) is 0 Å². The minimum absolute atomic E-state index is 0.0731. The summed E-state index contributed by atoms with van der Waals surface area (Å²) >= 11 is 2.89. The van der Waals surface area contributed by atoms with Crippen molar-refractivity contribution in [1.29, 1.82) is 0 Å². The van der Waals surface area contributed by atoms with E-state index in [1.807, 2.05) is 55.5 Å². The first-order valence-electron chi connectivity index (χ1n) is 11.2. The van der Waals surface area contributed by atoms with Crippen LogP contribution in [-0.2, 0) is 17.6 Å². The van der Waals surface area contributed by atoms with Crippen LogP contribution in [0, 0.1) is 6.92 Å². The standard InChI is InChI=1S/C26H25N3O3S2/c1-16-7-9-17(10-8-16)27-22(30)15-33-26-28-24-23(20-5-3-4-6-21(20)34-24)25(31)29(26)18-11-13-19(32-2)14-12-18/h7-14H,3-6,15H2,1-2H3,(H,27,30). The molecule has 1 aliphatic rings. The highest BCUT2D eigenvalue weighted by Gasteiger charge is 2.23. The molecular weight excluding hydrogens is 466 g/mol. The van der Waals surface area contributed by atoms with E-state index in [0.29, 0.717) is 16.6 Å². The second-order valence-electron chi connectivity index (χ2n) is 8.33. The number of hydrogen-bond donors (Lipinski definition) is 1. The first-order chi connectivity index (χ1) is 16.5. The van der Waals surface area contributed by atoms with Gasteiger partial charge in [0, 0.05) is 10.6 Å².